The standard InChI is InChI=1S/C34H35FN2O3/c1-6-27(29-14-16-36-20-30(29)25-10-8-7-9-11-25)34(38)33(39-5)19-23(3)28-13-12-26(18-22(28)2)31-21-37-17-15-32(31)40-24(4)35/h6-19,24,30-31H,3,20-21H2,1-2,4-5H3. The number of hydrogen-bond donors (Lipinski definition) is 0. The number of carbonyl (C=O) groups excluding carboxylic acids is 1. The third-order valence-corrected chi connectivity index (χ3v) is 7.09. The summed E-state index contributed by atoms with van der Waals surface area (Å²) in [6.45, 7) is 10.5. The fraction of sp³-hybridized carbons (Fsp3) is 0.265. The molecule has 2 aromatic carbocycles. The van der Waals surface area contributed by atoms with Gasteiger partial charge in [0.15, 0.2) is 5.76 Å². The Bertz CT molecular complexity index is 1440. The molecule has 0 aliphatic carbocycles. The number of dihydropyridines is 2. The first-order valence-corrected chi connectivity index (χ1v) is 13.4. The molecule has 2 aromatic rings. The number of nitrogens with zero attached hydrogens (tertiary/aromatic N) is 2. The summed E-state index contributed by atoms with van der Waals surface area (Å²) in [5.74, 6) is 0.352. The second-order valence-corrected chi connectivity index (χ2v) is 9.74. The topological polar surface area (TPSA) is 60.2 Å². The molecule has 0 amide bonds. The largest absolute Gasteiger partial charge is 0.493 e. The summed E-state index contributed by atoms with van der Waals surface area (Å²) in [6, 6.07) is 16.0. The lowest BCUT2D eigenvalue weighted by Gasteiger charge is -2.24. The van der Waals surface area contributed by atoms with Crippen LogP contribution in [0, 0.1) is 6.92 Å². The molecular weight excluding hydrogens is 503 g/mol. The fourth-order valence-corrected chi connectivity index (χ4v) is 5.12. The Kier molecular flexibility index (Phi) is 9.43. The lowest BCUT2D eigenvalue weighted by atomic mass is 9.83. The van der Waals surface area contributed by atoms with E-state index in [2.05, 4.69) is 28.7 Å². The lowest BCUT2D eigenvalue weighted by molar-refractivity contribution is -0.114. The molecule has 0 N–H and O–H groups in total. The van der Waals surface area contributed by atoms with Gasteiger partial charge < -0.3 is 9.47 Å². The molecule has 6 heteroatoms. The van der Waals surface area contributed by atoms with Gasteiger partial charge in [-0.25, -0.2) is 4.39 Å². The van der Waals surface area contributed by atoms with Gasteiger partial charge in [-0.05, 0) is 65.5 Å². The van der Waals surface area contributed by atoms with E-state index in [1.165, 1.54) is 14.0 Å². The van der Waals surface area contributed by atoms with E-state index in [4.69, 9.17) is 9.47 Å². The maximum atomic E-state index is 13.8. The van der Waals surface area contributed by atoms with Crippen molar-refractivity contribution in [2.75, 3.05) is 20.2 Å². The molecule has 5 nitrogen and oxygen atoms in total. The quantitative estimate of drug-likeness (QED) is 0.182. The van der Waals surface area contributed by atoms with Gasteiger partial charge in [0, 0.05) is 37.4 Å². The van der Waals surface area contributed by atoms with Crippen LogP contribution in [0.25, 0.3) is 5.57 Å². The highest BCUT2D eigenvalue weighted by Crippen LogP contribution is 2.35. The molecule has 0 radical (unpaired) electrons. The molecule has 2 heterocycles. The monoisotopic (exact) mass is 538 g/mol. The van der Waals surface area contributed by atoms with Gasteiger partial charge >= 0.3 is 0 Å². The van der Waals surface area contributed by atoms with E-state index in [0.717, 1.165) is 27.8 Å². The summed E-state index contributed by atoms with van der Waals surface area (Å²) in [5, 5.41) is 0. The Balaban J connectivity index is 1.58. The predicted octanol–water partition coefficient (Wildman–Crippen LogP) is 7.23. The highest BCUT2D eigenvalue weighted by molar-refractivity contribution is 6.11. The van der Waals surface area contributed by atoms with Gasteiger partial charge in [-0.1, -0.05) is 61.2 Å². The van der Waals surface area contributed by atoms with Crippen molar-refractivity contribution in [3.05, 3.63) is 124 Å². The van der Waals surface area contributed by atoms with Gasteiger partial charge in [-0.2, -0.15) is 0 Å². The van der Waals surface area contributed by atoms with E-state index in [9.17, 15) is 9.18 Å². The molecule has 0 saturated heterocycles. The number of aryl methyl sites for hydroxylation is 1. The molecule has 3 atom stereocenters. The molecular formula is C34H35FN2O3. The molecule has 2 aliphatic rings. The number of halogens is 1. The normalized spacial score (nSPS) is 19.9. The van der Waals surface area contributed by atoms with Crippen molar-refractivity contribution in [2.45, 2.75) is 39.0 Å². The second-order valence-electron chi connectivity index (χ2n) is 9.74. The molecule has 206 valence electrons. The molecule has 40 heavy (non-hydrogen) atoms. The van der Waals surface area contributed by atoms with E-state index in [1.54, 1.807) is 24.6 Å². The third kappa shape index (κ3) is 6.45. The smallest absolute Gasteiger partial charge is 0.235 e. The molecule has 3 unspecified atom stereocenters. The summed E-state index contributed by atoms with van der Waals surface area (Å²) >= 11 is 0. The number of hydrogen-bond acceptors (Lipinski definition) is 5. The van der Waals surface area contributed by atoms with Crippen LogP contribution in [0.2, 0.25) is 0 Å². The first kappa shape index (κ1) is 28.7. The number of ketones is 1. The molecule has 0 saturated carbocycles. The number of methoxy groups -OCH3 is 1. The van der Waals surface area contributed by atoms with E-state index >= 15 is 0 Å². The molecule has 0 fully saturated rings. The lowest BCUT2D eigenvalue weighted by Crippen LogP contribution is -2.18. The Hall–Kier alpha value is -4.32. The van der Waals surface area contributed by atoms with Crippen molar-refractivity contribution in [1.82, 2.24) is 0 Å². The Labute approximate surface area is 235 Å². The first-order valence-electron chi connectivity index (χ1n) is 13.4. The minimum Gasteiger partial charge on any atom is -0.493 e. The third-order valence-electron chi connectivity index (χ3n) is 7.09. The predicted molar refractivity (Wildman–Crippen MR) is 161 cm³/mol. The highest BCUT2D eigenvalue weighted by atomic mass is 19.1. The SMILES string of the molecule is C=C(C=C(OC)C(=O)C(=CC)C1=CC=NCC1c1ccccc1)c1ccc(C2CN=CC=C2OC(C)F)cc1C. The van der Waals surface area contributed by atoms with Crippen LogP contribution in [0.4, 0.5) is 4.39 Å². The van der Waals surface area contributed by atoms with Gasteiger partial charge in [0.05, 0.1) is 19.6 Å². The van der Waals surface area contributed by atoms with Gasteiger partial charge in [0.2, 0.25) is 12.1 Å². The fourth-order valence-electron chi connectivity index (χ4n) is 5.12. The van der Waals surface area contributed by atoms with Crippen molar-refractivity contribution in [3.63, 3.8) is 0 Å². The summed E-state index contributed by atoms with van der Waals surface area (Å²) in [5.41, 5.74) is 6.05. The second kappa shape index (κ2) is 13.2. The van der Waals surface area contributed by atoms with Crippen LogP contribution in [-0.2, 0) is 14.3 Å². The Morgan fingerprint density at radius 1 is 1.05 bits per heavy atom. The minimum absolute atomic E-state index is 0.0233. The number of alkyl halides is 1. The summed E-state index contributed by atoms with van der Waals surface area (Å²) in [6.07, 6.45) is 9.12. The highest BCUT2D eigenvalue weighted by Gasteiger charge is 2.27. The number of Topliss-reactive ketones (excluding diaryl/α,β-unsaturated/α-hetero) is 1. The summed E-state index contributed by atoms with van der Waals surface area (Å²) < 4.78 is 24.6. The molecule has 0 aromatic heterocycles. The van der Waals surface area contributed by atoms with E-state index in [0.29, 0.717) is 30.0 Å². The van der Waals surface area contributed by atoms with Gasteiger partial charge in [0.25, 0.3) is 0 Å². The minimum atomic E-state index is -1.41. The van der Waals surface area contributed by atoms with Crippen LogP contribution >= 0.6 is 0 Å². The van der Waals surface area contributed by atoms with E-state index < -0.39 is 6.36 Å². The first-order chi connectivity index (χ1) is 19.3. The number of rotatable bonds is 10. The number of aliphatic imine (C=N–C) groups is 2. The number of carbonyl (C=O) groups is 1. The average Bonchev–Trinajstić information content (AvgIpc) is 2.96. The van der Waals surface area contributed by atoms with Crippen molar-refractivity contribution in [2.24, 2.45) is 9.98 Å². The van der Waals surface area contributed by atoms with Crippen LogP contribution < -0.4 is 0 Å². The maximum Gasteiger partial charge on any atom is 0.235 e. The van der Waals surface area contributed by atoms with Crippen molar-refractivity contribution in [3.8, 4) is 0 Å². The summed E-state index contributed by atoms with van der Waals surface area (Å²) in [7, 11) is 1.50. The van der Waals surface area contributed by atoms with Crippen molar-refractivity contribution >= 4 is 23.8 Å². The number of ether oxygens (including phenoxy) is 2. The summed E-state index contributed by atoms with van der Waals surface area (Å²) in [4.78, 5) is 22.5. The van der Waals surface area contributed by atoms with Crippen LogP contribution in [0.15, 0.2) is 112 Å². The van der Waals surface area contributed by atoms with Crippen molar-refractivity contribution < 1.29 is 18.7 Å². The zero-order valence-corrected chi connectivity index (χ0v) is 23.4. The van der Waals surface area contributed by atoms with E-state index in [1.807, 2.05) is 62.4 Å². The maximum absolute atomic E-state index is 13.8. The van der Waals surface area contributed by atoms with Gasteiger partial charge in [-0.3, -0.25) is 14.8 Å². The zero-order valence-electron chi connectivity index (χ0n) is 23.4. The van der Waals surface area contributed by atoms with Crippen LogP contribution in [-0.4, -0.2) is 44.8 Å². The molecule has 4 rings (SSSR count). The zero-order chi connectivity index (χ0) is 28.6. The van der Waals surface area contributed by atoms with Crippen LogP contribution in [0.3, 0.4) is 0 Å². The number of benzene rings is 2. The van der Waals surface area contributed by atoms with Gasteiger partial charge in [-0.15, -0.1) is 0 Å². The molecule has 0 spiro atoms. The van der Waals surface area contributed by atoms with Crippen molar-refractivity contribution in [1.29, 1.82) is 0 Å². The Morgan fingerprint density at radius 2 is 1.75 bits per heavy atom. The molecule has 0 bridgehead atoms. The van der Waals surface area contributed by atoms with Crippen LogP contribution in [0.1, 0.15) is 47.9 Å². The Morgan fingerprint density at radius 3 is 2.40 bits per heavy atom. The van der Waals surface area contributed by atoms with Gasteiger partial charge in [0.1, 0.15) is 5.76 Å². The van der Waals surface area contributed by atoms with Crippen LogP contribution in [0.5, 0.6) is 0 Å². The number of allylic oxidation sites excluding steroid dienone is 6. The molecule has 2 aliphatic heterocycles. The average molecular weight is 539 g/mol. The van der Waals surface area contributed by atoms with E-state index in [-0.39, 0.29) is 23.4 Å².